The third-order valence-electron chi connectivity index (χ3n) is 6.55. The fourth-order valence-corrected chi connectivity index (χ4v) is 4.99. The maximum absolute atomic E-state index is 12.0. The molecule has 0 bridgehead atoms. The topological polar surface area (TPSA) is 79.6 Å². The Morgan fingerprint density at radius 2 is 1.92 bits per heavy atom. The second-order valence-electron chi connectivity index (χ2n) is 9.06. The number of nitrogens with one attached hydrogen (secondary N) is 2. The monoisotopic (exact) mass is 526 g/mol. The van der Waals surface area contributed by atoms with Gasteiger partial charge >= 0.3 is 0 Å². The Labute approximate surface area is 227 Å². The lowest BCUT2D eigenvalue weighted by molar-refractivity contribution is -0.115. The largest absolute Gasteiger partial charge is 0.494 e. The van der Waals surface area contributed by atoms with Crippen LogP contribution in [0.4, 0.5) is 11.4 Å². The van der Waals surface area contributed by atoms with E-state index in [9.17, 15) is 4.79 Å². The molecular formula is C30H30N4O3S. The number of thiocarbonyl (C=S) groups is 1. The van der Waals surface area contributed by atoms with Crippen LogP contribution < -0.4 is 20.3 Å². The van der Waals surface area contributed by atoms with E-state index in [0.717, 1.165) is 45.5 Å². The molecule has 0 saturated carbocycles. The summed E-state index contributed by atoms with van der Waals surface area (Å²) in [6.45, 7) is 6.39. The molecule has 8 heteroatoms. The van der Waals surface area contributed by atoms with Gasteiger partial charge < -0.3 is 24.7 Å². The van der Waals surface area contributed by atoms with Crippen LogP contribution in [-0.4, -0.2) is 22.6 Å². The van der Waals surface area contributed by atoms with Crippen LogP contribution >= 0.6 is 12.2 Å². The Morgan fingerprint density at radius 3 is 2.61 bits per heavy atom. The second kappa shape index (κ2) is 11.1. The van der Waals surface area contributed by atoms with Gasteiger partial charge in [-0.2, -0.15) is 0 Å². The van der Waals surface area contributed by atoms with E-state index in [1.54, 1.807) is 6.20 Å². The lowest BCUT2D eigenvalue weighted by atomic mass is 10.0. The van der Waals surface area contributed by atoms with Crippen LogP contribution in [0.1, 0.15) is 49.4 Å². The molecule has 194 valence electrons. The van der Waals surface area contributed by atoms with Gasteiger partial charge in [-0.1, -0.05) is 13.0 Å². The number of amides is 1. The van der Waals surface area contributed by atoms with Gasteiger partial charge in [0.05, 0.1) is 18.3 Å². The van der Waals surface area contributed by atoms with Crippen molar-refractivity contribution in [2.75, 3.05) is 16.8 Å². The molecule has 0 aliphatic carbocycles. The van der Waals surface area contributed by atoms with Crippen LogP contribution in [0.5, 0.6) is 5.75 Å². The number of aromatic nitrogens is 1. The van der Waals surface area contributed by atoms with E-state index < -0.39 is 0 Å². The zero-order valence-electron chi connectivity index (χ0n) is 21.6. The number of furan rings is 1. The van der Waals surface area contributed by atoms with Crippen molar-refractivity contribution in [3.8, 4) is 17.1 Å². The summed E-state index contributed by atoms with van der Waals surface area (Å²) in [6.07, 6.45) is 2.20. The van der Waals surface area contributed by atoms with Crippen LogP contribution in [0, 0.1) is 6.92 Å². The number of carbonyl (C=O) groups excluding carboxylic acids is 1. The summed E-state index contributed by atoms with van der Waals surface area (Å²) >= 11 is 5.84. The minimum Gasteiger partial charge on any atom is -0.494 e. The van der Waals surface area contributed by atoms with Gasteiger partial charge in [-0.3, -0.25) is 9.78 Å². The second-order valence-corrected chi connectivity index (χ2v) is 9.44. The molecule has 1 aliphatic rings. The molecule has 38 heavy (non-hydrogen) atoms. The average molecular weight is 527 g/mol. The Hall–Kier alpha value is -4.17. The molecule has 3 heterocycles. The normalized spacial score (nSPS) is 16.8. The van der Waals surface area contributed by atoms with Crippen LogP contribution in [0.3, 0.4) is 0 Å². The van der Waals surface area contributed by atoms with E-state index in [-0.39, 0.29) is 18.0 Å². The molecule has 2 aromatic carbocycles. The number of carbonyl (C=O) groups is 1. The van der Waals surface area contributed by atoms with E-state index in [0.29, 0.717) is 18.1 Å². The SMILES string of the molecule is CCOc1ccc(-c2ccc([C@H]3[C@H](c4ccccn4)NC(=S)N3c3ccc(NC(=O)CC)c(C)c3)o2)cc1. The van der Waals surface area contributed by atoms with Gasteiger partial charge in [0, 0.05) is 29.6 Å². The predicted octanol–water partition coefficient (Wildman–Crippen LogP) is 6.57. The van der Waals surface area contributed by atoms with Crippen LogP contribution in [0.25, 0.3) is 11.3 Å². The first-order valence-corrected chi connectivity index (χ1v) is 13.1. The van der Waals surface area contributed by atoms with E-state index in [4.69, 9.17) is 21.4 Å². The van der Waals surface area contributed by atoms with Gasteiger partial charge in [0.2, 0.25) is 5.91 Å². The van der Waals surface area contributed by atoms with Crippen molar-refractivity contribution in [2.24, 2.45) is 0 Å². The summed E-state index contributed by atoms with van der Waals surface area (Å²) < 4.78 is 12.0. The zero-order valence-corrected chi connectivity index (χ0v) is 22.4. The van der Waals surface area contributed by atoms with Gasteiger partial charge in [-0.05, 0) is 98.4 Å². The quantitative estimate of drug-likeness (QED) is 0.251. The number of hydrogen-bond donors (Lipinski definition) is 2. The summed E-state index contributed by atoms with van der Waals surface area (Å²) in [5.74, 6) is 2.32. The number of anilines is 2. The summed E-state index contributed by atoms with van der Waals surface area (Å²) in [5.41, 5.74) is 4.46. The molecule has 5 rings (SSSR count). The highest BCUT2D eigenvalue weighted by Crippen LogP contribution is 2.43. The predicted molar refractivity (Wildman–Crippen MR) is 153 cm³/mol. The van der Waals surface area contributed by atoms with Crippen molar-refractivity contribution in [2.45, 2.75) is 39.3 Å². The van der Waals surface area contributed by atoms with Gasteiger partial charge in [-0.25, -0.2) is 0 Å². The molecule has 2 N–H and O–H groups in total. The van der Waals surface area contributed by atoms with Crippen molar-refractivity contribution in [3.05, 3.63) is 96.0 Å². The molecule has 1 saturated heterocycles. The minimum atomic E-state index is -0.274. The first-order chi connectivity index (χ1) is 18.5. The van der Waals surface area contributed by atoms with Crippen molar-refractivity contribution in [3.63, 3.8) is 0 Å². The Balaban J connectivity index is 1.52. The first-order valence-electron chi connectivity index (χ1n) is 12.7. The van der Waals surface area contributed by atoms with E-state index in [1.165, 1.54) is 0 Å². The van der Waals surface area contributed by atoms with E-state index in [1.807, 2.05) is 93.6 Å². The van der Waals surface area contributed by atoms with Crippen molar-refractivity contribution < 1.29 is 13.9 Å². The maximum Gasteiger partial charge on any atom is 0.224 e. The zero-order chi connectivity index (χ0) is 26.6. The highest BCUT2D eigenvalue weighted by molar-refractivity contribution is 7.80. The molecule has 2 atom stereocenters. The third-order valence-corrected chi connectivity index (χ3v) is 6.86. The maximum atomic E-state index is 12.0. The number of rotatable bonds is 8. The number of hydrogen-bond acceptors (Lipinski definition) is 5. The summed E-state index contributed by atoms with van der Waals surface area (Å²) in [5, 5.41) is 7.00. The van der Waals surface area contributed by atoms with Crippen molar-refractivity contribution in [1.29, 1.82) is 0 Å². The molecule has 1 aliphatic heterocycles. The molecule has 4 aromatic rings. The molecule has 1 amide bonds. The third kappa shape index (κ3) is 5.13. The molecule has 0 unspecified atom stereocenters. The lowest BCUT2D eigenvalue weighted by Gasteiger charge is -2.26. The average Bonchev–Trinajstić information content (AvgIpc) is 3.55. The summed E-state index contributed by atoms with van der Waals surface area (Å²) in [4.78, 5) is 18.6. The van der Waals surface area contributed by atoms with Crippen LogP contribution in [0.2, 0.25) is 0 Å². The molecule has 0 spiro atoms. The Kier molecular flexibility index (Phi) is 7.42. The number of ether oxygens (including phenoxy) is 1. The molecule has 1 fully saturated rings. The number of pyridine rings is 1. The Bertz CT molecular complexity index is 1440. The lowest BCUT2D eigenvalue weighted by Crippen LogP contribution is -2.29. The summed E-state index contributed by atoms with van der Waals surface area (Å²) in [7, 11) is 0. The fraction of sp³-hybridized carbons (Fsp3) is 0.233. The molecule has 7 nitrogen and oxygen atoms in total. The number of aryl methyl sites for hydroxylation is 1. The van der Waals surface area contributed by atoms with E-state index >= 15 is 0 Å². The number of benzene rings is 2. The van der Waals surface area contributed by atoms with E-state index in [2.05, 4.69) is 20.5 Å². The minimum absolute atomic E-state index is 0.0234. The fourth-order valence-electron chi connectivity index (χ4n) is 4.65. The molecule has 2 aromatic heterocycles. The standard InChI is InChI=1S/C30H30N4O3S/c1-4-27(35)32-23-14-11-21(18-19(23)3)34-29(28(33-30(34)38)24-8-6-7-17-31-24)26-16-15-25(37-26)20-9-12-22(13-10-20)36-5-2/h6-18,28-29H,4-5H2,1-3H3,(H,32,35)(H,33,38)/t28-,29-/m0/s1. The number of nitrogens with zero attached hydrogens (tertiary/aromatic N) is 2. The summed E-state index contributed by atoms with van der Waals surface area (Å²) in [6, 6.07) is 23.1. The first kappa shape index (κ1) is 25.5. The van der Waals surface area contributed by atoms with Gasteiger partial charge in [0.1, 0.15) is 23.3 Å². The van der Waals surface area contributed by atoms with Crippen molar-refractivity contribution in [1.82, 2.24) is 10.3 Å². The van der Waals surface area contributed by atoms with Crippen LogP contribution in [0.15, 0.2) is 83.4 Å². The van der Waals surface area contributed by atoms with Crippen LogP contribution in [-0.2, 0) is 4.79 Å². The molecule has 0 radical (unpaired) electrons. The van der Waals surface area contributed by atoms with Gasteiger partial charge in [-0.15, -0.1) is 0 Å². The van der Waals surface area contributed by atoms with Crippen molar-refractivity contribution >= 4 is 34.6 Å². The van der Waals surface area contributed by atoms with Gasteiger partial charge in [0.15, 0.2) is 5.11 Å². The highest BCUT2D eigenvalue weighted by Gasteiger charge is 2.42. The van der Waals surface area contributed by atoms with Gasteiger partial charge in [0.25, 0.3) is 0 Å². The molecular weight excluding hydrogens is 496 g/mol. The smallest absolute Gasteiger partial charge is 0.224 e. The Morgan fingerprint density at radius 1 is 1.11 bits per heavy atom. The highest BCUT2D eigenvalue weighted by atomic mass is 32.1.